The van der Waals surface area contributed by atoms with E-state index in [-0.39, 0.29) is 17.9 Å². The summed E-state index contributed by atoms with van der Waals surface area (Å²) >= 11 is 12.2. The van der Waals surface area contributed by atoms with Gasteiger partial charge >= 0.3 is 6.18 Å². The van der Waals surface area contributed by atoms with Gasteiger partial charge in [-0.1, -0.05) is 49.5 Å². The zero-order chi connectivity index (χ0) is 25.8. The second-order valence-electron chi connectivity index (χ2n) is 9.03. The molecule has 2 aromatic rings. The molecule has 1 saturated heterocycles. The van der Waals surface area contributed by atoms with Crippen LogP contribution in [0.15, 0.2) is 36.4 Å². The van der Waals surface area contributed by atoms with Crippen molar-refractivity contribution >= 4 is 34.8 Å². The van der Waals surface area contributed by atoms with Gasteiger partial charge in [0, 0.05) is 54.4 Å². The van der Waals surface area contributed by atoms with Crippen molar-refractivity contribution in [2.24, 2.45) is 5.92 Å². The highest BCUT2D eigenvalue weighted by atomic mass is 35.5. The third kappa shape index (κ3) is 6.83. The second kappa shape index (κ2) is 11.8. The monoisotopic (exact) mass is 529 g/mol. The van der Waals surface area contributed by atoms with E-state index in [1.807, 2.05) is 24.8 Å². The van der Waals surface area contributed by atoms with Crippen LogP contribution >= 0.6 is 23.2 Å². The Morgan fingerprint density at radius 1 is 1.09 bits per heavy atom. The lowest BCUT2D eigenvalue weighted by atomic mass is 9.89. The molecule has 1 heterocycles. The Morgan fingerprint density at radius 3 is 2.34 bits per heavy atom. The average Bonchev–Trinajstić information content (AvgIpc) is 2.83. The highest BCUT2D eigenvalue weighted by Crippen LogP contribution is 2.38. The van der Waals surface area contributed by atoms with E-state index < -0.39 is 11.7 Å². The summed E-state index contributed by atoms with van der Waals surface area (Å²) in [4.78, 5) is 16.7. The molecule has 192 valence electrons. The van der Waals surface area contributed by atoms with Crippen molar-refractivity contribution in [3.8, 4) is 0 Å². The van der Waals surface area contributed by atoms with E-state index in [1.165, 1.54) is 6.07 Å². The first-order valence-electron chi connectivity index (χ1n) is 11.9. The van der Waals surface area contributed by atoms with Crippen molar-refractivity contribution in [1.29, 1.82) is 0 Å². The van der Waals surface area contributed by atoms with Crippen LogP contribution in [-0.4, -0.2) is 44.0 Å². The molecule has 1 fully saturated rings. The van der Waals surface area contributed by atoms with Crippen LogP contribution in [0.1, 0.15) is 49.4 Å². The third-order valence-corrected chi connectivity index (χ3v) is 7.40. The lowest BCUT2D eigenvalue weighted by Crippen LogP contribution is -2.49. The summed E-state index contributed by atoms with van der Waals surface area (Å²) in [5, 5.41) is 4.32. The summed E-state index contributed by atoms with van der Waals surface area (Å²) in [5.41, 5.74) is 1.67. The smallest absolute Gasteiger partial charge is 0.368 e. The molecule has 1 aliphatic heterocycles. The van der Waals surface area contributed by atoms with Crippen LogP contribution in [0.25, 0.3) is 0 Å². The standard InChI is InChI=1S/C26H32Cl2F3N3O/c1-4-17(2)25(32-3)21-15-19(26(29,30)31)7-9-23(21)33-11-13-34(14-12-33)24(35)10-6-18-5-8-20(27)16-22(18)28/h5,7-9,15-17,25,32H,4,6,10-14H2,1-3H3. The molecule has 0 spiro atoms. The molecule has 4 nitrogen and oxygen atoms in total. The van der Waals surface area contributed by atoms with Crippen LogP contribution in [0.4, 0.5) is 18.9 Å². The van der Waals surface area contributed by atoms with Crippen molar-refractivity contribution in [3.63, 3.8) is 0 Å². The number of aryl methyl sites for hydroxylation is 1. The fourth-order valence-electron chi connectivity index (χ4n) is 4.57. The van der Waals surface area contributed by atoms with Gasteiger partial charge in [-0.25, -0.2) is 0 Å². The second-order valence-corrected chi connectivity index (χ2v) is 9.87. The van der Waals surface area contributed by atoms with E-state index in [4.69, 9.17) is 23.2 Å². The summed E-state index contributed by atoms with van der Waals surface area (Å²) in [6.45, 7) is 6.21. The van der Waals surface area contributed by atoms with Gasteiger partial charge in [0.25, 0.3) is 0 Å². The first kappa shape index (κ1) is 27.6. The molecular formula is C26H32Cl2F3N3O. The highest BCUT2D eigenvalue weighted by molar-refractivity contribution is 6.35. The molecule has 0 saturated carbocycles. The average molecular weight is 530 g/mol. The van der Waals surface area contributed by atoms with Crippen molar-refractivity contribution < 1.29 is 18.0 Å². The molecule has 35 heavy (non-hydrogen) atoms. The minimum absolute atomic E-state index is 0.0380. The van der Waals surface area contributed by atoms with Crippen molar-refractivity contribution in [3.05, 3.63) is 63.1 Å². The number of piperazine rings is 1. The molecule has 1 N–H and O–H groups in total. The fraction of sp³-hybridized carbons (Fsp3) is 0.500. The Bertz CT molecular complexity index is 1020. The Morgan fingerprint density at radius 2 is 1.77 bits per heavy atom. The number of rotatable bonds is 8. The third-order valence-electron chi connectivity index (χ3n) is 6.81. The number of alkyl halides is 3. The number of amides is 1. The minimum atomic E-state index is -4.40. The number of carbonyl (C=O) groups excluding carboxylic acids is 1. The number of hydrogen-bond donors (Lipinski definition) is 1. The van der Waals surface area contributed by atoms with E-state index in [1.54, 1.807) is 25.2 Å². The Hall–Kier alpha value is -1.96. The number of nitrogens with one attached hydrogen (secondary N) is 1. The van der Waals surface area contributed by atoms with Crippen molar-refractivity contribution in [2.75, 3.05) is 38.1 Å². The van der Waals surface area contributed by atoms with E-state index in [9.17, 15) is 18.0 Å². The number of halogens is 5. The number of carbonyl (C=O) groups is 1. The molecule has 0 aliphatic carbocycles. The van der Waals surface area contributed by atoms with Gasteiger partial charge in [-0.15, -0.1) is 0 Å². The van der Waals surface area contributed by atoms with E-state index in [0.29, 0.717) is 54.6 Å². The van der Waals surface area contributed by atoms with Crippen LogP contribution < -0.4 is 10.2 Å². The van der Waals surface area contributed by atoms with Crippen LogP contribution in [0, 0.1) is 5.92 Å². The maximum absolute atomic E-state index is 13.5. The van der Waals surface area contributed by atoms with Gasteiger partial charge in [0.15, 0.2) is 0 Å². The molecule has 1 aliphatic rings. The highest BCUT2D eigenvalue weighted by Gasteiger charge is 2.33. The Balaban J connectivity index is 1.71. The van der Waals surface area contributed by atoms with Crippen molar-refractivity contribution in [2.45, 2.75) is 45.3 Å². The van der Waals surface area contributed by atoms with Crippen LogP contribution in [-0.2, 0) is 17.4 Å². The minimum Gasteiger partial charge on any atom is -0.368 e. The van der Waals surface area contributed by atoms with E-state index in [0.717, 1.165) is 23.7 Å². The topological polar surface area (TPSA) is 35.6 Å². The van der Waals surface area contributed by atoms with E-state index in [2.05, 4.69) is 10.2 Å². The number of hydrogen-bond acceptors (Lipinski definition) is 3. The molecule has 9 heteroatoms. The van der Waals surface area contributed by atoms with Gasteiger partial charge in [0.1, 0.15) is 0 Å². The van der Waals surface area contributed by atoms with Gasteiger partial charge in [-0.05, 0) is 60.8 Å². The molecule has 3 rings (SSSR count). The van der Waals surface area contributed by atoms with Crippen LogP contribution in [0.2, 0.25) is 10.0 Å². The van der Waals surface area contributed by atoms with Gasteiger partial charge in [-0.3, -0.25) is 4.79 Å². The number of benzene rings is 2. The molecule has 0 aromatic heterocycles. The molecule has 0 radical (unpaired) electrons. The van der Waals surface area contributed by atoms with Gasteiger partial charge in [-0.2, -0.15) is 13.2 Å². The molecule has 2 aromatic carbocycles. The van der Waals surface area contributed by atoms with Crippen LogP contribution in [0.3, 0.4) is 0 Å². The quantitative estimate of drug-likeness (QED) is 0.418. The Kier molecular flexibility index (Phi) is 9.35. The summed E-state index contributed by atoms with van der Waals surface area (Å²) in [6.07, 6.45) is -2.71. The summed E-state index contributed by atoms with van der Waals surface area (Å²) < 4.78 is 40.4. The summed E-state index contributed by atoms with van der Waals surface area (Å²) in [7, 11) is 1.78. The first-order valence-corrected chi connectivity index (χ1v) is 12.7. The fourth-order valence-corrected chi connectivity index (χ4v) is 5.07. The van der Waals surface area contributed by atoms with Crippen LogP contribution in [0.5, 0.6) is 0 Å². The number of anilines is 1. The molecule has 2 atom stereocenters. The maximum atomic E-state index is 13.5. The zero-order valence-electron chi connectivity index (χ0n) is 20.3. The van der Waals surface area contributed by atoms with E-state index >= 15 is 0 Å². The predicted molar refractivity (Wildman–Crippen MR) is 136 cm³/mol. The molecule has 0 bridgehead atoms. The zero-order valence-corrected chi connectivity index (χ0v) is 21.8. The molecule has 1 amide bonds. The maximum Gasteiger partial charge on any atom is 0.416 e. The molecule has 2 unspecified atom stereocenters. The SMILES string of the molecule is CCC(C)C(NC)c1cc(C(F)(F)F)ccc1N1CCN(C(=O)CCc2ccc(Cl)cc2Cl)CC1. The predicted octanol–water partition coefficient (Wildman–Crippen LogP) is 6.60. The lowest BCUT2D eigenvalue weighted by molar-refractivity contribution is -0.137. The van der Waals surface area contributed by atoms with Gasteiger partial charge in [0.05, 0.1) is 5.56 Å². The normalized spacial score (nSPS) is 16.3. The summed E-state index contributed by atoms with van der Waals surface area (Å²) in [6, 6.07) is 9.04. The Labute approximate surface area is 215 Å². The number of nitrogens with zero attached hydrogens (tertiary/aromatic N) is 2. The lowest BCUT2D eigenvalue weighted by Gasteiger charge is -2.38. The summed E-state index contributed by atoms with van der Waals surface area (Å²) in [5.74, 6) is 0.195. The largest absolute Gasteiger partial charge is 0.416 e. The van der Waals surface area contributed by atoms with Crippen molar-refractivity contribution in [1.82, 2.24) is 10.2 Å². The van der Waals surface area contributed by atoms with Gasteiger partial charge in [0.2, 0.25) is 5.91 Å². The molecular weight excluding hydrogens is 498 g/mol. The van der Waals surface area contributed by atoms with Gasteiger partial charge < -0.3 is 15.1 Å². The first-order chi connectivity index (χ1) is 16.5.